The van der Waals surface area contributed by atoms with Crippen molar-refractivity contribution in [3.63, 3.8) is 0 Å². The second-order valence-electron chi connectivity index (χ2n) is 4.17. The Labute approximate surface area is 111 Å². The van der Waals surface area contributed by atoms with E-state index in [1.165, 1.54) is 13.0 Å². The Morgan fingerprint density at radius 2 is 1.74 bits per heavy atom. The summed E-state index contributed by atoms with van der Waals surface area (Å²) in [5, 5.41) is 3.11. The van der Waals surface area contributed by atoms with E-state index in [4.69, 9.17) is 5.73 Å². The Balaban J connectivity index is 2.40. The van der Waals surface area contributed by atoms with Gasteiger partial charge in [-0.25, -0.2) is 0 Å². The molecule has 4 nitrogen and oxygen atoms in total. The fourth-order valence-corrected chi connectivity index (χ4v) is 1.75. The second-order valence-corrected chi connectivity index (χ2v) is 4.17. The average molecular weight is 254 g/mol. The topological polar surface area (TPSA) is 72.2 Å². The lowest BCUT2D eigenvalue weighted by Gasteiger charge is -2.11. The molecular formula is C15H14N2O2. The molecule has 0 aromatic heterocycles. The summed E-state index contributed by atoms with van der Waals surface area (Å²) in [5.74, 6) is -0.671. The fourth-order valence-electron chi connectivity index (χ4n) is 1.75. The smallest absolute Gasteiger partial charge is 0.250 e. The summed E-state index contributed by atoms with van der Waals surface area (Å²) in [6, 6.07) is 14.3. The first-order valence-electron chi connectivity index (χ1n) is 5.85. The highest BCUT2D eigenvalue weighted by atomic mass is 16.1. The largest absolute Gasteiger partial charge is 0.366 e. The molecule has 0 heterocycles. The lowest BCUT2D eigenvalue weighted by atomic mass is 10.1. The maximum absolute atomic E-state index is 11.5. The van der Waals surface area contributed by atoms with Crippen LogP contribution in [0.3, 0.4) is 0 Å². The normalized spacial score (nSPS) is 9.95. The van der Waals surface area contributed by atoms with E-state index in [1.54, 1.807) is 12.1 Å². The summed E-state index contributed by atoms with van der Waals surface area (Å²) in [6.45, 7) is 1.45. The van der Waals surface area contributed by atoms with Crippen molar-refractivity contribution < 1.29 is 9.59 Å². The first kappa shape index (κ1) is 12.8. The number of primary amides is 1. The first-order valence-corrected chi connectivity index (χ1v) is 5.85. The van der Waals surface area contributed by atoms with Crippen LogP contribution in [0.1, 0.15) is 27.6 Å². The molecular weight excluding hydrogens is 240 g/mol. The van der Waals surface area contributed by atoms with E-state index < -0.39 is 5.91 Å². The molecule has 3 N–H and O–H groups in total. The van der Waals surface area contributed by atoms with Gasteiger partial charge in [-0.3, -0.25) is 9.59 Å². The Morgan fingerprint density at radius 3 is 2.32 bits per heavy atom. The maximum atomic E-state index is 11.5. The molecule has 0 aliphatic heterocycles. The van der Waals surface area contributed by atoms with Crippen LogP contribution in [-0.4, -0.2) is 11.7 Å². The molecule has 0 spiro atoms. The van der Waals surface area contributed by atoms with Crippen molar-refractivity contribution in [1.29, 1.82) is 0 Å². The van der Waals surface area contributed by atoms with Crippen molar-refractivity contribution in [3.8, 4) is 0 Å². The van der Waals surface area contributed by atoms with Crippen LogP contribution in [-0.2, 0) is 0 Å². The zero-order chi connectivity index (χ0) is 13.8. The van der Waals surface area contributed by atoms with E-state index in [-0.39, 0.29) is 5.78 Å². The van der Waals surface area contributed by atoms with E-state index in [0.717, 1.165) is 5.69 Å². The molecule has 0 atom stereocenters. The Hall–Kier alpha value is -2.62. The molecule has 0 aliphatic rings. The molecule has 19 heavy (non-hydrogen) atoms. The van der Waals surface area contributed by atoms with Crippen molar-refractivity contribution in [1.82, 2.24) is 0 Å². The van der Waals surface area contributed by atoms with Gasteiger partial charge in [0.2, 0.25) is 0 Å². The van der Waals surface area contributed by atoms with E-state index in [2.05, 4.69) is 5.32 Å². The summed E-state index contributed by atoms with van der Waals surface area (Å²) in [5.41, 5.74) is 7.55. The van der Waals surface area contributed by atoms with Crippen LogP contribution in [0.5, 0.6) is 0 Å². The number of rotatable bonds is 4. The van der Waals surface area contributed by atoms with Crippen molar-refractivity contribution >= 4 is 23.1 Å². The van der Waals surface area contributed by atoms with Crippen molar-refractivity contribution in [3.05, 3.63) is 59.7 Å². The van der Waals surface area contributed by atoms with Gasteiger partial charge in [0.25, 0.3) is 5.91 Å². The van der Waals surface area contributed by atoms with Gasteiger partial charge in [-0.15, -0.1) is 0 Å². The van der Waals surface area contributed by atoms with Crippen molar-refractivity contribution in [2.24, 2.45) is 5.73 Å². The van der Waals surface area contributed by atoms with Gasteiger partial charge in [-0.05, 0) is 37.3 Å². The first-order chi connectivity index (χ1) is 9.08. The lowest BCUT2D eigenvalue weighted by molar-refractivity contribution is 0.100. The Bertz CT molecular complexity index is 621. The number of nitrogens with two attached hydrogens (primary N) is 1. The standard InChI is InChI=1S/C15H14N2O2/c1-10(18)11-7-8-14(13(9-11)15(16)19)17-12-5-3-2-4-6-12/h2-9,17H,1H3,(H2,16,19). The minimum absolute atomic E-state index is 0.103. The summed E-state index contributed by atoms with van der Waals surface area (Å²) in [6.07, 6.45) is 0. The summed E-state index contributed by atoms with van der Waals surface area (Å²) in [7, 11) is 0. The number of nitrogens with one attached hydrogen (secondary N) is 1. The number of ketones is 1. The number of anilines is 2. The monoisotopic (exact) mass is 254 g/mol. The number of benzene rings is 2. The van der Waals surface area contributed by atoms with Crippen LogP contribution in [0.4, 0.5) is 11.4 Å². The molecule has 0 saturated carbocycles. The minimum Gasteiger partial charge on any atom is -0.366 e. The van der Waals surface area contributed by atoms with Gasteiger partial charge >= 0.3 is 0 Å². The summed E-state index contributed by atoms with van der Waals surface area (Å²) < 4.78 is 0. The Morgan fingerprint density at radius 1 is 1.05 bits per heavy atom. The molecule has 0 bridgehead atoms. The van der Waals surface area contributed by atoms with Crippen LogP contribution in [0.25, 0.3) is 0 Å². The number of carbonyl (C=O) groups excluding carboxylic acids is 2. The third-order valence-corrected chi connectivity index (χ3v) is 2.74. The minimum atomic E-state index is -0.568. The SMILES string of the molecule is CC(=O)c1ccc(Nc2ccccc2)c(C(N)=O)c1. The number of carbonyl (C=O) groups is 2. The van der Waals surface area contributed by atoms with Gasteiger partial charge in [0.05, 0.1) is 11.3 Å². The average Bonchev–Trinajstić information content (AvgIpc) is 2.39. The molecule has 0 unspecified atom stereocenters. The van der Waals surface area contributed by atoms with Gasteiger partial charge < -0.3 is 11.1 Å². The predicted octanol–water partition coefficient (Wildman–Crippen LogP) is 2.73. The van der Waals surface area contributed by atoms with Crippen LogP contribution < -0.4 is 11.1 Å². The fraction of sp³-hybridized carbons (Fsp3) is 0.0667. The number of hydrogen-bond donors (Lipinski definition) is 2. The van der Waals surface area contributed by atoms with Crippen LogP contribution in [0.15, 0.2) is 48.5 Å². The Kier molecular flexibility index (Phi) is 3.61. The molecule has 0 saturated heterocycles. The molecule has 0 aliphatic carbocycles. The lowest BCUT2D eigenvalue weighted by Crippen LogP contribution is -2.14. The number of para-hydroxylation sites is 1. The van der Waals surface area contributed by atoms with Crippen molar-refractivity contribution in [2.75, 3.05) is 5.32 Å². The van der Waals surface area contributed by atoms with E-state index >= 15 is 0 Å². The van der Waals surface area contributed by atoms with Gasteiger partial charge in [0.15, 0.2) is 5.78 Å². The second kappa shape index (κ2) is 5.35. The number of hydrogen-bond acceptors (Lipinski definition) is 3. The molecule has 2 rings (SSSR count). The zero-order valence-electron chi connectivity index (χ0n) is 10.5. The molecule has 2 aromatic carbocycles. The quantitative estimate of drug-likeness (QED) is 0.824. The third kappa shape index (κ3) is 2.98. The van der Waals surface area contributed by atoms with Gasteiger partial charge in [0.1, 0.15) is 0 Å². The van der Waals surface area contributed by atoms with Gasteiger partial charge in [-0.1, -0.05) is 18.2 Å². The van der Waals surface area contributed by atoms with E-state index in [0.29, 0.717) is 16.8 Å². The molecule has 4 heteroatoms. The highest BCUT2D eigenvalue weighted by Crippen LogP contribution is 2.22. The van der Waals surface area contributed by atoms with Crippen LogP contribution in [0.2, 0.25) is 0 Å². The maximum Gasteiger partial charge on any atom is 0.250 e. The van der Waals surface area contributed by atoms with Crippen LogP contribution >= 0.6 is 0 Å². The molecule has 2 aromatic rings. The zero-order valence-corrected chi connectivity index (χ0v) is 10.5. The highest BCUT2D eigenvalue weighted by Gasteiger charge is 2.11. The van der Waals surface area contributed by atoms with Gasteiger partial charge in [-0.2, -0.15) is 0 Å². The van der Waals surface area contributed by atoms with Crippen LogP contribution in [0, 0.1) is 0 Å². The van der Waals surface area contributed by atoms with E-state index in [9.17, 15) is 9.59 Å². The van der Waals surface area contributed by atoms with Gasteiger partial charge in [0, 0.05) is 11.3 Å². The molecule has 1 amide bonds. The van der Waals surface area contributed by atoms with Crippen molar-refractivity contribution in [2.45, 2.75) is 6.92 Å². The summed E-state index contributed by atoms with van der Waals surface area (Å²) in [4.78, 5) is 22.8. The number of amides is 1. The molecule has 0 radical (unpaired) electrons. The highest BCUT2D eigenvalue weighted by molar-refractivity contribution is 6.03. The predicted molar refractivity (Wildman–Crippen MR) is 74.7 cm³/mol. The number of Topliss-reactive ketones (excluding diaryl/α,β-unsaturated/α-hetero) is 1. The third-order valence-electron chi connectivity index (χ3n) is 2.74. The summed E-state index contributed by atoms with van der Waals surface area (Å²) >= 11 is 0. The molecule has 0 fully saturated rings. The van der Waals surface area contributed by atoms with E-state index in [1.807, 2.05) is 30.3 Å². The molecule has 96 valence electrons.